The number of para-hydroxylation sites is 1. The molecule has 0 aromatic heterocycles. The fourth-order valence-electron chi connectivity index (χ4n) is 3.43. The zero-order valence-corrected chi connectivity index (χ0v) is 20.0. The lowest BCUT2D eigenvalue weighted by atomic mass is 10.1. The van der Waals surface area contributed by atoms with Crippen LogP contribution in [-0.2, 0) is 9.59 Å². The normalized spacial score (nSPS) is 15.2. The standard InChI is InChI=1S/C23H27N3O6S/c1-25(2)23(29)33-19-9-7-6-8-16(19)24-22(28)14-10-20(27)26(13-14)15-11-17(30-3)21(32-5)18(12-15)31-4/h6-9,11-12,14H,10,13H2,1-5H3,(H,24,28). The molecule has 3 amide bonds. The van der Waals surface area contributed by atoms with Crippen LogP contribution >= 0.6 is 11.8 Å². The fraction of sp³-hybridized carbons (Fsp3) is 0.348. The zero-order valence-electron chi connectivity index (χ0n) is 19.2. The molecule has 0 saturated carbocycles. The molecule has 0 spiro atoms. The highest BCUT2D eigenvalue weighted by Crippen LogP contribution is 2.42. The van der Waals surface area contributed by atoms with Crippen molar-refractivity contribution in [1.29, 1.82) is 0 Å². The average Bonchev–Trinajstić information content (AvgIpc) is 3.20. The molecule has 1 heterocycles. The highest BCUT2D eigenvalue weighted by Gasteiger charge is 2.36. The Morgan fingerprint density at radius 3 is 2.27 bits per heavy atom. The topological polar surface area (TPSA) is 97.4 Å². The molecule has 10 heteroatoms. The van der Waals surface area contributed by atoms with Gasteiger partial charge in [0.1, 0.15) is 0 Å². The van der Waals surface area contributed by atoms with Crippen LogP contribution in [0.15, 0.2) is 41.3 Å². The van der Waals surface area contributed by atoms with E-state index in [9.17, 15) is 14.4 Å². The summed E-state index contributed by atoms with van der Waals surface area (Å²) in [5, 5.41) is 2.72. The maximum atomic E-state index is 13.0. The van der Waals surface area contributed by atoms with Crippen LogP contribution in [0.5, 0.6) is 17.2 Å². The molecular weight excluding hydrogens is 446 g/mol. The smallest absolute Gasteiger partial charge is 0.286 e. The van der Waals surface area contributed by atoms with Gasteiger partial charge >= 0.3 is 0 Å². The number of anilines is 2. The summed E-state index contributed by atoms with van der Waals surface area (Å²) in [6, 6.07) is 10.4. The van der Waals surface area contributed by atoms with Crippen LogP contribution in [0, 0.1) is 5.92 Å². The van der Waals surface area contributed by atoms with E-state index in [0.29, 0.717) is 33.5 Å². The summed E-state index contributed by atoms with van der Waals surface area (Å²) < 4.78 is 16.1. The van der Waals surface area contributed by atoms with Crippen molar-refractivity contribution in [2.75, 3.05) is 52.2 Å². The fourth-order valence-corrected chi connectivity index (χ4v) is 4.18. The Bertz CT molecular complexity index is 1030. The molecule has 0 bridgehead atoms. The highest BCUT2D eigenvalue weighted by molar-refractivity contribution is 8.13. The van der Waals surface area contributed by atoms with E-state index in [0.717, 1.165) is 11.8 Å². The summed E-state index contributed by atoms with van der Waals surface area (Å²) in [5.41, 5.74) is 1.08. The van der Waals surface area contributed by atoms with Gasteiger partial charge in [-0.25, -0.2) is 0 Å². The summed E-state index contributed by atoms with van der Waals surface area (Å²) in [5.74, 6) is 0.233. The third-order valence-electron chi connectivity index (χ3n) is 5.16. The van der Waals surface area contributed by atoms with E-state index in [1.54, 1.807) is 50.5 Å². The second kappa shape index (κ2) is 10.5. The van der Waals surface area contributed by atoms with E-state index in [1.807, 2.05) is 0 Å². The van der Waals surface area contributed by atoms with E-state index < -0.39 is 5.92 Å². The predicted octanol–water partition coefficient (Wildman–Crippen LogP) is 3.48. The van der Waals surface area contributed by atoms with Gasteiger partial charge in [0.05, 0.1) is 38.6 Å². The molecule has 2 aromatic rings. The van der Waals surface area contributed by atoms with Crippen LogP contribution in [-0.4, -0.2) is 63.9 Å². The molecule has 1 N–H and O–H groups in total. The van der Waals surface area contributed by atoms with Crippen molar-refractivity contribution >= 4 is 40.2 Å². The molecule has 3 rings (SSSR count). The summed E-state index contributed by atoms with van der Waals surface area (Å²) in [6.07, 6.45) is 0.0639. The molecule has 1 aliphatic heterocycles. The summed E-state index contributed by atoms with van der Waals surface area (Å²) >= 11 is 1.03. The van der Waals surface area contributed by atoms with Crippen molar-refractivity contribution in [2.45, 2.75) is 11.3 Å². The van der Waals surface area contributed by atoms with Crippen molar-refractivity contribution in [3.8, 4) is 17.2 Å². The van der Waals surface area contributed by atoms with Gasteiger partial charge in [-0.2, -0.15) is 0 Å². The van der Waals surface area contributed by atoms with E-state index in [1.165, 1.54) is 31.1 Å². The molecule has 1 unspecified atom stereocenters. The van der Waals surface area contributed by atoms with Crippen LogP contribution in [0.1, 0.15) is 6.42 Å². The Morgan fingerprint density at radius 1 is 1.06 bits per heavy atom. The van der Waals surface area contributed by atoms with Gasteiger partial charge < -0.3 is 29.3 Å². The van der Waals surface area contributed by atoms with Crippen molar-refractivity contribution in [1.82, 2.24) is 4.90 Å². The molecule has 0 radical (unpaired) electrons. The minimum atomic E-state index is -0.556. The van der Waals surface area contributed by atoms with E-state index >= 15 is 0 Å². The number of methoxy groups -OCH3 is 3. The Morgan fingerprint density at radius 2 is 1.70 bits per heavy atom. The number of rotatable bonds is 7. The predicted molar refractivity (Wildman–Crippen MR) is 127 cm³/mol. The molecule has 1 atom stereocenters. The van der Waals surface area contributed by atoms with Crippen molar-refractivity contribution in [3.05, 3.63) is 36.4 Å². The number of hydrogen-bond donors (Lipinski definition) is 1. The number of nitrogens with zero attached hydrogens (tertiary/aromatic N) is 2. The maximum absolute atomic E-state index is 13.0. The first-order valence-electron chi connectivity index (χ1n) is 10.2. The molecule has 9 nitrogen and oxygen atoms in total. The second-order valence-corrected chi connectivity index (χ2v) is 8.53. The number of carbonyl (C=O) groups is 3. The molecular formula is C23H27N3O6S. The van der Waals surface area contributed by atoms with Gasteiger partial charge in [-0.3, -0.25) is 14.4 Å². The number of ether oxygens (including phenoxy) is 3. The van der Waals surface area contributed by atoms with Gasteiger partial charge in [0, 0.05) is 44.1 Å². The largest absolute Gasteiger partial charge is 0.493 e. The van der Waals surface area contributed by atoms with Crippen LogP contribution in [0.4, 0.5) is 16.2 Å². The SMILES string of the molecule is COc1cc(N2CC(C(=O)Nc3ccccc3SC(=O)N(C)C)CC2=O)cc(OC)c1OC. The molecule has 33 heavy (non-hydrogen) atoms. The average molecular weight is 474 g/mol. The monoisotopic (exact) mass is 473 g/mol. The number of amides is 3. The van der Waals surface area contributed by atoms with Crippen LogP contribution in [0.25, 0.3) is 0 Å². The third-order valence-corrected chi connectivity index (χ3v) is 6.28. The Kier molecular flexibility index (Phi) is 7.70. The van der Waals surface area contributed by atoms with Gasteiger partial charge in [-0.1, -0.05) is 12.1 Å². The maximum Gasteiger partial charge on any atom is 0.286 e. The van der Waals surface area contributed by atoms with Crippen molar-refractivity contribution in [2.24, 2.45) is 5.92 Å². The third kappa shape index (κ3) is 5.33. The lowest BCUT2D eigenvalue weighted by molar-refractivity contribution is -0.122. The number of hydrogen-bond acceptors (Lipinski definition) is 7. The number of benzene rings is 2. The number of thioether (sulfide) groups is 1. The summed E-state index contributed by atoms with van der Waals surface area (Å²) in [6.45, 7) is 0.204. The quantitative estimate of drug-likeness (QED) is 0.615. The van der Waals surface area contributed by atoms with Crippen LogP contribution < -0.4 is 24.4 Å². The van der Waals surface area contributed by atoms with Crippen molar-refractivity contribution < 1.29 is 28.6 Å². The molecule has 1 saturated heterocycles. The zero-order chi connectivity index (χ0) is 24.1. The van der Waals surface area contributed by atoms with Gasteiger partial charge in [0.2, 0.25) is 17.6 Å². The summed E-state index contributed by atoms with van der Waals surface area (Å²) in [4.78, 5) is 41.5. The Balaban J connectivity index is 1.78. The van der Waals surface area contributed by atoms with Gasteiger partial charge in [-0.15, -0.1) is 0 Å². The lowest BCUT2D eigenvalue weighted by Gasteiger charge is -2.20. The van der Waals surface area contributed by atoms with Gasteiger partial charge in [-0.05, 0) is 23.9 Å². The Hall–Kier alpha value is -3.40. The molecule has 176 valence electrons. The highest BCUT2D eigenvalue weighted by atomic mass is 32.2. The molecule has 1 fully saturated rings. The van der Waals surface area contributed by atoms with Crippen molar-refractivity contribution in [3.63, 3.8) is 0 Å². The minimum absolute atomic E-state index is 0.0639. The first-order chi connectivity index (χ1) is 15.8. The molecule has 2 aromatic carbocycles. The van der Waals surface area contributed by atoms with E-state index in [2.05, 4.69) is 5.32 Å². The molecule has 1 aliphatic rings. The van der Waals surface area contributed by atoms with Crippen LogP contribution in [0.2, 0.25) is 0 Å². The van der Waals surface area contributed by atoms with Crippen LogP contribution in [0.3, 0.4) is 0 Å². The minimum Gasteiger partial charge on any atom is -0.493 e. The van der Waals surface area contributed by atoms with Gasteiger partial charge in [0.25, 0.3) is 5.24 Å². The first kappa shape index (κ1) is 24.2. The lowest BCUT2D eigenvalue weighted by Crippen LogP contribution is -2.28. The van der Waals surface area contributed by atoms with Gasteiger partial charge in [0.15, 0.2) is 11.5 Å². The summed E-state index contributed by atoms with van der Waals surface area (Å²) in [7, 11) is 7.83. The Labute approximate surface area is 197 Å². The number of carbonyl (C=O) groups excluding carboxylic acids is 3. The first-order valence-corrected chi connectivity index (χ1v) is 11.0. The van der Waals surface area contributed by atoms with E-state index in [-0.39, 0.29) is 30.0 Å². The van der Waals surface area contributed by atoms with E-state index in [4.69, 9.17) is 14.2 Å². The molecule has 0 aliphatic carbocycles. The number of nitrogens with one attached hydrogen (secondary N) is 1. The second-order valence-electron chi connectivity index (χ2n) is 7.54.